The monoisotopic (exact) mass is 312 g/mol. The molecule has 2 aromatic heterocycles. The number of hydrogen-bond donors (Lipinski definition) is 2. The minimum Gasteiger partial charge on any atom is -0.462 e. The Morgan fingerprint density at radius 1 is 1.57 bits per heavy atom. The molecule has 8 heteroatoms. The standard InChI is InChI=1S/C13H16N2O5S/c1-3-20-13(19)10-7(2)9-11(21-10)14-6-15(12(9)18)4-8(17)5-16/h6,8,16-17H,3-5H2,1-2H3. The summed E-state index contributed by atoms with van der Waals surface area (Å²) < 4.78 is 6.17. The average molecular weight is 312 g/mol. The summed E-state index contributed by atoms with van der Waals surface area (Å²) in [6.45, 7) is 3.14. The van der Waals surface area contributed by atoms with Crippen molar-refractivity contribution in [3.63, 3.8) is 0 Å². The molecule has 1 atom stereocenters. The van der Waals surface area contributed by atoms with E-state index in [9.17, 15) is 14.7 Å². The van der Waals surface area contributed by atoms with Crippen molar-refractivity contribution in [2.45, 2.75) is 26.5 Å². The van der Waals surface area contributed by atoms with Gasteiger partial charge in [0.15, 0.2) is 0 Å². The summed E-state index contributed by atoms with van der Waals surface area (Å²) in [7, 11) is 0. The van der Waals surface area contributed by atoms with Gasteiger partial charge in [-0.2, -0.15) is 0 Å². The Labute approximate surface area is 124 Å². The zero-order chi connectivity index (χ0) is 15.6. The number of aryl methyl sites for hydroxylation is 1. The van der Waals surface area contributed by atoms with E-state index in [1.807, 2.05) is 0 Å². The van der Waals surface area contributed by atoms with Gasteiger partial charge in [-0.3, -0.25) is 9.36 Å². The maximum absolute atomic E-state index is 12.4. The number of aliphatic hydroxyl groups is 2. The van der Waals surface area contributed by atoms with Gasteiger partial charge in [0, 0.05) is 0 Å². The first-order valence-corrected chi connectivity index (χ1v) is 7.25. The predicted octanol–water partition coefficient (Wildman–Crippen LogP) is 0.296. The fourth-order valence-electron chi connectivity index (χ4n) is 1.97. The van der Waals surface area contributed by atoms with E-state index in [0.717, 1.165) is 11.3 Å². The second kappa shape index (κ2) is 6.33. The van der Waals surface area contributed by atoms with E-state index in [1.165, 1.54) is 10.9 Å². The fourth-order valence-corrected chi connectivity index (χ4v) is 3.00. The Balaban J connectivity index is 2.52. The molecule has 0 saturated heterocycles. The zero-order valence-corrected chi connectivity index (χ0v) is 12.5. The van der Waals surface area contributed by atoms with Crippen LogP contribution in [0.2, 0.25) is 0 Å². The van der Waals surface area contributed by atoms with Crippen LogP contribution in [0.5, 0.6) is 0 Å². The first kappa shape index (κ1) is 15.6. The molecule has 0 amide bonds. The highest BCUT2D eigenvalue weighted by atomic mass is 32.1. The van der Waals surface area contributed by atoms with Crippen LogP contribution < -0.4 is 5.56 Å². The van der Waals surface area contributed by atoms with Crippen molar-refractivity contribution in [3.05, 3.63) is 27.1 Å². The quantitative estimate of drug-likeness (QED) is 0.770. The topological polar surface area (TPSA) is 102 Å². The normalized spacial score (nSPS) is 12.6. The van der Waals surface area contributed by atoms with Gasteiger partial charge in [-0.25, -0.2) is 9.78 Å². The maximum atomic E-state index is 12.4. The molecular weight excluding hydrogens is 296 g/mol. The Kier molecular flexibility index (Phi) is 4.71. The lowest BCUT2D eigenvalue weighted by molar-refractivity contribution is 0.0531. The fraction of sp³-hybridized carbons (Fsp3) is 0.462. The number of esters is 1. The number of thiophene rings is 1. The highest BCUT2D eigenvalue weighted by Crippen LogP contribution is 2.27. The van der Waals surface area contributed by atoms with Gasteiger partial charge >= 0.3 is 5.97 Å². The number of rotatable bonds is 5. The van der Waals surface area contributed by atoms with Crippen LogP contribution in [0, 0.1) is 6.92 Å². The minimum absolute atomic E-state index is 0.0533. The number of hydrogen-bond acceptors (Lipinski definition) is 7. The molecule has 0 bridgehead atoms. The van der Waals surface area contributed by atoms with Crippen molar-refractivity contribution in [2.24, 2.45) is 0 Å². The molecule has 0 fully saturated rings. The van der Waals surface area contributed by atoms with Crippen molar-refractivity contribution in [1.29, 1.82) is 0 Å². The number of carbonyl (C=O) groups excluding carboxylic acids is 1. The molecule has 21 heavy (non-hydrogen) atoms. The summed E-state index contributed by atoms with van der Waals surface area (Å²) in [4.78, 5) is 29.2. The molecule has 0 aliphatic carbocycles. The first-order valence-electron chi connectivity index (χ1n) is 6.44. The van der Waals surface area contributed by atoms with Gasteiger partial charge < -0.3 is 14.9 Å². The Morgan fingerprint density at radius 3 is 2.90 bits per heavy atom. The molecule has 0 radical (unpaired) electrons. The van der Waals surface area contributed by atoms with Crippen molar-refractivity contribution in [1.82, 2.24) is 9.55 Å². The van der Waals surface area contributed by atoms with Gasteiger partial charge in [-0.05, 0) is 19.4 Å². The number of aromatic nitrogens is 2. The largest absolute Gasteiger partial charge is 0.462 e. The third-order valence-corrected chi connectivity index (χ3v) is 4.18. The van der Waals surface area contributed by atoms with E-state index in [4.69, 9.17) is 9.84 Å². The van der Waals surface area contributed by atoms with Crippen molar-refractivity contribution < 1.29 is 19.7 Å². The summed E-state index contributed by atoms with van der Waals surface area (Å²) in [5, 5.41) is 18.6. The van der Waals surface area contributed by atoms with Gasteiger partial charge in [-0.1, -0.05) is 0 Å². The molecule has 2 N–H and O–H groups in total. The predicted molar refractivity (Wildman–Crippen MR) is 77.7 cm³/mol. The minimum atomic E-state index is -1.04. The van der Waals surface area contributed by atoms with Crippen LogP contribution in [-0.4, -0.2) is 45.1 Å². The summed E-state index contributed by atoms with van der Waals surface area (Å²) in [5.41, 5.74) is 0.176. The van der Waals surface area contributed by atoms with Crippen LogP contribution in [-0.2, 0) is 11.3 Å². The Hall–Kier alpha value is -1.77. The maximum Gasteiger partial charge on any atom is 0.348 e. The number of aliphatic hydroxyl groups excluding tert-OH is 2. The van der Waals surface area contributed by atoms with Gasteiger partial charge in [0.25, 0.3) is 5.56 Å². The summed E-state index contributed by atoms with van der Waals surface area (Å²) >= 11 is 1.11. The molecule has 0 aliphatic heterocycles. The summed E-state index contributed by atoms with van der Waals surface area (Å²) in [5.74, 6) is -0.473. The molecule has 1 unspecified atom stereocenters. The van der Waals surface area contributed by atoms with Crippen LogP contribution in [0.4, 0.5) is 0 Å². The SMILES string of the molecule is CCOC(=O)c1sc2ncn(CC(O)CO)c(=O)c2c1C. The lowest BCUT2D eigenvalue weighted by Crippen LogP contribution is -2.28. The van der Waals surface area contributed by atoms with Crippen molar-refractivity contribution in [2.75, 3.05) is 13.2 Å². The number of ether oxygens (including phenoxy) is 1. The Morgan fingerprint density at radius 2 is 2.29 bits per heavy atom. The average Bonchev–Trinajstić information content (AvgIpc) is 2.80. The smallest absolute Gasteiger partial charge is 0.348 e. The molecule has 2 aromatic rings. The highest BCUT2D eigenvalue weighted by Gasteiger charge is 2.20. The van der Waals surface area contributed by atoms with Crippen LogP contribution in [0.1, 0.15) is 22.2 Å². The van der Waals surface area contributed by atoms with Crippen LogP contribution in [0.15, 0.2) is 11.1 Å². The van der Waals surface area contributed by atoms with Gasteiger partial charge in [0.1, 0.15) is 9.71 Å². The zero-order valence-electron chi connectivity index (χ0n) is 11.7. The molecule has 2 heterocycles. The lowest BCUT2D eigenvalue weighted by atomic mass is 10.2. The molecule has 2 rings (SSSR count). The highest BCUT2D eigenvalue weighted by molar-refractivity contribution is 7.20. The van der Waals surface area contributed by atoms with Crippen molar-refractivity contribution in [3.8, 4) is 0 Å². The number of nitrogens with zero attached hydrogens (tertiary/aromatic N) is 2. The van der Waals surface area contributed by atoms with Gasteiger partial charge in [-0.15, -0.1) is 11.3 Å². The summed E-state index contributed by atoms with van der Waals surface area (Å²) in [6, 6.07) is 0. The van der Waals surface area contributed by atoms with Gasteiger partial charge in [0.05, 0.1) is 37.6 Å². The Bertz CT molecular complexity index is 721. The van der Waals surface area contributed by atoms with E-state index in [1.54, 1.807) is 13.8 Å². The molecule has 0 aliphatic rings. The van der Waals surface area contributed by atoms with Gasteiger partial charge in [0.2, 0.25) is 0 Å². The number of fused-ring (bicyclic) bond motifs is 1. The third-order valence-electron chi connectivity index (χ3n) is 3.00. The molecule has 0 aromatic carbocycles. The first-order chi connectivity index (χ1) is 9.99. The van der Waals surface area contributed by atoms with Crippen LogP contribution in [0.3, 0.4) is 0 Å². The van der Waals surface area contributed by atoms with Crippen LogP contribution in [0.25, 0.3) is 10.2 Å². The van der Waals surface area contributed by atoms with E-state index in [0.29, 0.717) is 20.7 Å². The molecule has 0 spiro atoms. The van der Waals surface area contributed by atoms with E-state index >= 15 is 0 Å². The van der Waals surface area contributed by atoms with Crippen molar-refractivity contribution >= 4 is 27.5 Å². The number of carbonyl (C=O) groups is 1. The third kappa shape index (κ3) is 2.97. The van der Waals surface area contributed by atoms with E-state index < -0.39 is 18.7 Å². The summed E-state index contributed by atoms with van der Waals surface area (Å²) in [6.07, 6.45) is 0.263. The lowest BCUT2D eigenvalue weighted by Gasteiger charge is -2.09. The molecule has 7 nitrogen and oxygen atoms in total. The molecular formula is C13H16N2O5S. The van der Waals surface area contributed by atoms with E-state index in [2.05, 4.69) is 4.98 Å². The van der Waals surface area contributed by atoms with Crippen LogP contribution >= 0.6 is 11.3 Å². The second-order valence-electron chi connectivity index (χ2n) is 4.50. The molecule has 114 valence electrons. The van der Waals surface area contributed by atoms with E-state index in [-0.39, 0.29) is 18.7 Å². The second-order valence-corrected chi connectivity index (χ2v) is 5.49. The molecule has 0 saturated carbocycles.